The van der Waals surface area contributed by atoms with E-state index in [0.717, 1.165) is 11.1 Å². The average Bonchev–Trinajstić information content (AvgIpc) is 3.47. The molecule has 246 valence electrons. The number of aliphatic hydroxyl groups excluding tert-OH is 3. The van der Waals surface area contributed by atoms with Gasteiger partial charge in [0.05, 0.1) is 24.4 Å². The third-order valence-corrected chi connectivity index (χ3v) is 12.6. The molecule has 0 unspecified atom stereocenters. The highest BCUT2D eigenvalue weighted by molar-refractivity contribution is 6.74. The summed E-state index contributed by atoms with van der Waals surface area (Å²) in [5, 5.41) is 29.2. The monoisotopic (exact) mass is 642 g/mol. The fourth-order valence-corrected chi connectivity index (χ4v) is 5.21. The Morgan fingerprint density at radius 1 is 0.756 bits per heavy atom. The molecule has 4 atom stereocenters. The lowest BCUT2D eigenvalue weighted by Crippen LogP contribution is -2.44. The number of carbonyl (C=O) groups is 2. The van der Waals surface area contributed by atoms with Crippen LogP contribution >= 0.6 is 0 Å². The van der Waals surface area contributed by atoms with Gasteiger partial charge >= 0.3 is 11.9 Å². The van der Waals surface area contributed by atoms with Gasteiger partial charge in [0.1, 0.15) is 25.4 Å². The second-order valence-electron chi connectivity index (χ2n) is 12.6. The number of hydrogen-bond donors (Lipinski definition) is 3. The van der Waals surface area contributed by atoms with Gasteiger partial charge in [0.25, 0.3) is 0 Å². The van der Waals surface area contributed by atoms with Gasteiger partial charge in [0, 0.05) is 0 Å². The van der Waals surface area contributed by atoms with E-state index >= 15 is 0 Å². The summed E-state index contributed by atoms with van der Waals surface area (Å²) in [4.78, 5) is 23.4. The largest absolute Gasteiger partial charge is 0.489 e. The Balaban J connectivity index is 0.000000257. The molecule has 0 aromatic heterocycles. The van der Waals surface area contributed by atoms with Gasteiger partial charge in [-0.2, -0.15) is 0 Å². The minimum Gasteiger partial charge on any atom is -0.489 e. The van der Waals surface area contributed by atoms with Crippen LogP contribution in [0.2, 0.25) is 18.1 Å². The molecule has 11 heteroatoms. The Labute approximate surface area is 266 Å². The van der Waals surface area contributed by atoms with Crippen molar-refractivity contribution in [2.24, 2.45) is 0 Å². The van der Waals surface area contributed by atoms with Crippen LogP contribution in [-0.4, -0.2) is 73.2 Å². The number of hydrogen-bond acceptors (Lipinski definition) is 10. The van der Waals surface area contributed by atoms with Crippen molar-refractivity contribution in [3.8, 4) is 0 Å². The van der Waals surface area contributed by atoms with Crippen molar-refractivity contribution in [3.63, 3.8) is 0 Å². The molecule has 3 N–H and O–H groups in total. The lowest BCUT2D eigenvalue weighted by atomic mass is 10.1. The average molecular weight is 643 g/mol. The molecule has 2 aliphatic rings. The molecule has 2 aromatic rings. The fourth-order valence-electron chi connectivity index (χ4n) is 4.19. The number of esters is 2. The zero-order chi connectivity index (χ0) is 33.4. The lowest BCUT2D eigenvalue weighted by Gasteiger charge is -2.37. The van der Waals surface area contributed by atoms with Gasteiger partial charge in [-0.1, -0.05) is 81.4 Å². The van der Waals surface area contributed by atoms with Crippen molar-refractivity contribution >= 4 is 20.3 Å². The third kappa shape index (κ3) is 9.51. The maximum Gasteiger partial charge on any atom is 0.338 e. The zero-order valence-corrected chi connectivity index (χ0v) is 28.1. The molecular weight excluding hydrogens is 596 g/mol. The minimum absolute atomic E-state index is 0.0392. The van der Waals surface area contributed by atoms with Crippen molar-refractivity contribution in [3.05, 3.63) is 94.5 Å². The van der Waals surface area contributed by atoms with Crippen LogP contribution in [0.5, 0.6) is 0 Å². The predicted molar refractivity (Wildman–Crippen MR) is 170 cm³/mol. The molecular formula is C34H46O10Si. The summed E-state index contributed by atoms with van der Waals surface area (Å²) < 4.78 is 27.8. The van der Waals surface area contributed by atoms with E-state index in [1.807, 2.05) is 60.7 Å². The number of aliphatic hydroxyl groups is 3. The van der Waals surface area contributed by atoms with E-state index in [4.69, 9.17) is 28.5 Å². The van der Waals surface area contributed by atoms with E-state index in [1.165, 1.54) is 0 Å². The summed E-state index contributed by atoms with van der Waals surface area (Å²) in [6, 6.07) is 19.1. The van der Waals surface area contributed by atoms with Crippen LogP contribution in [0.15, 0.2) is 83.3 Å². The lowest BCUT2D eigenvalue weighted by molar-refractivity contribution is -0.147. The molecule has 0 saturated heterocycles. The first-order valence-electron chi connectivity index (χ1n) is 14.9. The molecule has 0 bridgehead atoms. The first-order chi connectivity index (χ1) is 21.2. The zero-order valence-electron chi connectivity index (χ0n) is 27.1. The standard InChI is InChI=1S/C20H30O5Si.C14H16O5/c1-14-17(23-12-15-10-8-7-9-11-15)18(25-19(14)22)16(21)13-24-26(5,6)20(2,3)4;1-9-12(13(11(16)7-15)19-14(9)17)18-8-10-5-3-2-4-6-10/h7-11,16,18,21H,12-13H2,1-6H3;2-6,11,13,15-16H,7-8H2,1H3/t16-,18+;11-,13+/m00/s1. The van der Waals surface area contributed by atoms with Crippen molar-refractivity contribution in [1.29, 1.82) is 0 Å². The Hall–Kier alpha value is -3.48. The van der Waals surface area contributed by atoms with Gasteiger partial charge in [-0.25, -0.2) is 9.59 Å². The highest BCUT2D eigenvalue weighted by Crippen LogP contribution is 2.37. The van der Waals surface area contributed by atoms with Gasteiger partial charge in [-0.3, -0.25) is 0 Å². The van der Waals surface area contributed by atoms with E-state index < -0.39 is 51.3 Å². The molecule has 2 aliphatic heterocycles. The quantitative estimate of drug-likeness (QED) is 0.223. The predicted octanol–water partition coefficient (Wildman–Crippen LogP) is 4.54. The minimum atomic E-state index is -2.00. The maximum absolute atomic E-state index is 12.0. The molecule has 0 aliphatic carbocycles. The molecule has 0 amide bonds. The van der Waals surface area contributed by atoms with Gasteiger partial charge in [-0.15, -0.1) is 0 Å². The van der Waals surface area contributed by atoms with Crippen LogP contribution in [0.1, 0.15) is 45.7 Å². The Morgan fingerprint density at radius 2 is 1.16 bits per heavy atom. The molecule has 4 rings (SSSR count). The van der Waals surface area contributed by atoms with Crippen LogP contribution in [0.4, 0.5) is 0 Å². The Morgan fingerprint density at radius 3 is 1.53 bits per heavy atom. The van der Waals surface area contributed by atoms with Crippen molar-refractivity contribution in [2.75, 3.05) is 13.2 Å². The van der Waals surface area contributed by atoms with Gasteiger partial charge in [-0.05, 0) is 43.1 Å². The van der Waals surface area contributed by atoms with Crippen molar-refractivity contribution in [2.45, 2.75) is 90.4 Å². The number of benzene rings is 2. The van der Waals surface area contributed by atoms with Crippen molar-refractivity contribution < 1.29 is 48.3 Å². The highest BCUT2D eigenvalue weighted by atomic mass is 28.4. The summed E-state index contributed by atoms with van der Waals surface area (Å²) >= 11 is 0. The first-order valence-corrected chi connectivity index (χ1v) is 17.8. The van der Waals surface area contributed by atoms with Gasteiger partial charge in [0.2, 0.25) is 0 Å². The molecule has 2 heterocycles. The fraction of sp³-hybridized carbons (Fsp3) is 0.471. The van der Waals surface area contributed by atoms with Crippen LogP contribution in [0.3, 0.4) is 0 Å². The summed E-state index contributed by atoms with van der Waals surface area (Å²) in [7, 11) is -2.00. The van der Waals surface area contributed by atoms with E-state index in [0.29, 0.717) is 23.5 Å². The summed E-state index contributed by atoms with van der Waals surface area (Å²) in [6.45, 7) is 14.1. The highest BCUT2D eigenvalue weighted by Gasteiger charge is 2.42. The van der Waals surface area contributed by atoms with Gasteiger partial charge < -0.3 is 38.7 Å². The van der Waals surface area contributed by atoms with Crippen LogP contribution in [0.25, 0.3) is 0 Å². The smallest absolute Gasteiger partial charge is 0.338 e. The summed E-state index contributed by atoms with van der Waals surface area (Å²) in [5.74, 6) is -0.300. The number of carbonyl (C=O) groups excluding carboxylic acids is 2. The second-order valence-corrected chi connectivity index (χ2v) is 17.4. The van der Waals surface area contributed by atoms with Gasteiger partial charge in [0.15, 0.2) is 32.0 Å². The molecule has 0 fully saturated rings. The number of cyclic esters (lactones) is 2. The second kappa shape index (κ2) is 15.7. The Bertz CT molecular complexity index is 1350. The molecule has 0 saturated carbocycles. The van der Waals surface area contributed by atoms with Crippen molar-refractivity contribution in [1.82, 2.24) is 0 Å². The normalized spacial score (nSPS) is 19.9. The van der Waals surface area contributed by atoms with E-state index in [-0.39, 0.29) is 24.0 Å². The number of ether oxygens (including phenoxy) is 4. The topological polar surface area (TPSA) is 141 Å². The van der Waals surface area contributed by atoms with Crippen LogP contribution in [0, 0.1) is 0 Å². The van der Waals surface area contributed by atoms with Crippen LogP contribution in [-0.2, 0) is 46.2 Å². The molecule has 10 nitrogen and oxygen atoms in total. The molecule has 0 radical (unpaired) electrons. The molecule has 2 aromatic carbocycles. The molecule has 45 heavy (non-hydrogen) atoms. The van der Waals surface area contributed by atoms with E-state index in [2.05, 4.69) is 33.9 Å². The first kappa shape index (κ1) is 36.0. The summed E-state index contributed by atoms with van der Waals surface area (Å²) in [5.41, 5.74) is 2.66. The van der Waals surface area contributed by atoms with Crippen LogP contribution < -0.4 is 0 Å². The third-order valence-electron chi connectivity index (χ3n) is 8.12. The maximum atomic E-state index is 12.0. The van der Waals surface area contributed by atoms with E-state index in [1.54, 1.807) is 13.8 Å². The van der Waals surface area contributed by atoms with E-state index in [9.17, 15) is 19.8 Å². The Kier molecular flexibility index (Phi) is 12.5. The SMILES string of the molecule is CC1=C(OCc2ccccc2)[C@@H]([C@@H](O)CO)OC1=O.CC1=C(OCc2ccccc2)[C@@H]([C@@H](O)CO[Si](C)(C)C(C)(C)C)OC1=O. The molecule has 0 spiro atoms. The summed E-state index contributed by atoms with van der Waals surface area (Å²) in [6.07, 6.45) is -3.89. The number of rotatable bonds is 12.